The highest BCUT2D eigenvalue weighted by molar-refractivity contribution is 7.14. The van der Waals surface area contributed by atoms with Gasteiger partial charge in [-0.25, -0.2) is 0 Å². The molecule has 2 aromatic rings. The molecule has 2 heterocycles. The van der Waals surface area contributed by atoms with E-state index >= 15 is 0 Å². The molecule has 0 aliphatic carbocycles. The molecule has 1 N–H and O–H groups in total. The second-order valence-electron chi connectivity index (χ2n) is 2.81. The molecule has 3 heteroatoms. The summed E-state index contributed by atoms with van der Waals surface area (Å²) in [6.07, 6.45) is 1.73. The molecule has 2 rings (SSSR count). The number of aromatic nitrogens is 1. The number of aryl methyl sites for hydroxylation is 1. The molecule has 0 atom stereocenters. The van der Waals surface area contributed by atoms with E-state index in [4.69, 9.17) is 0 Å². The number of nitrogens with zero attached hydrogens (tertiary/aromatic N) is 1. The van der Waals surface area contributed by atoms with Gasteiger partial charge >= 0.3 is 0 Å². The van der Waals surface area contributed by atoms with E-state index in [0.717, 1.165) is 16.1 Å². The fraction of sp³-hybridized carbons (Fsp3) is 0.100. The van der Waals surface area contributed by atoms with Gasteiger partial charge in [-0.15, -0.1) is 11.3 Å². The minimum Gasteiger partial charge on any atom is -0.506 e. The molecule has 0 saturated carbocycles. The van der Waals surface area contributed by atoms with Crippen molar-refractivity contribution in [2.24, 2.45) is 0 Å². The summed E-state index contributed by atoms with van der Waals surface area (Å²) in [5.41, 5.74) is 1.74. The summed E-state index contributed by atoms with van der Waals surface area (Å²) in [4.78, 5) is 5.02. The SMILES string of the molecule is Cc1csc(-c2ccccn2)c1O. The van der Waals surface area contributed by atoms with Crippen molar-refractivity contribution in [3.8, 4) is 16.3 Å². The van der Waals surface area contributed by atoms with Crippen molar-refractivity contribution in [2.45, 2.75) is 6.92 Å². The second-order valence-corrected chi connectivity index (χ2v) is 3.69. The largest absolute Gasteiger partial charge is 0.506 e. The highest BCUT2D eigenvalue weighted by atomic mass is 32.1. The molecule has 0 fully saturated rings. The summed E-state index contributed by atoms with van der Waals surface area (Å²) in [5.74, 6) is 0.351. The topological polar surface area (TPSA) is 33.1 Å². The van der Waals surface area contributed by atoms with Crippen LogP contribution in [0.5, 0.6) is 5.75 Å². The molecule has 66 valence electrons. The van der Waals surface area contributed by atoms with Gasteiger partial charge in [0.2, 0.25) is 0 Å². The zero-order valence-electron chi connectivity index (χ0n) is 7.19. The standard InChI is InChI=1S/C10H9NOS/c1-7-6-13-10(9(7)12)8-4-2-3-5-11-8/h2-6,12H,1H3. The smallest absolute Gasteiger partial charge is 0.138 e. The molecule has 0 aliphatic rings. The van der Waals surface area contributed by atoms with E-state index in [9.17, 15) is 5.11 Å². The van der Waals surface area contributed by atoms with Crippen LogP contribution in [0.25, 0.3) is 10.6 Å². The van der Waals surface area contributed by atoms with Gasteiger partial charge in [-0.2, -0.15) is 0 Å². The Hall–Kier alpha value is -1.35. The van der Waals surface area contributed by atoms with E-state index < -0.39 is 0 Å². The first-order valence-electron chi connectivity index (χ1n) is 3.97. The molecule has 0 aliphatic heterocycles. The lowest BCUT2D eigenvalue weighted by molar-refractivity contribution is 0.475. The van der Waals surface area contributed by atoms with Gasteiger partial charge < -0.3 is 5.11 Å². The maximum absolute atomic E-state index is 9.66. The lowest BCUT2D eigenvalue weighted by Gasteiger charge is -1.96. The number of hydrogen-bond acceptors (Lipinski definition) is 3. The third-order valence-electron chi connectivity index (χ3n) is 1.84. The highest BCUT2D eigenvalue weighted by Gasteiger charge is 2.09. The Morgan fingerprint density at radius 1 is 1.38 bits per heavy atom. The minimum atomic E-state index is 0.351. The van der Waals surface area contributed by atoms with Gasteiger partial charge in [0.1, 0.15) is 5.75 Å². The van der Waals surface area contributed by atoms with Crippen molar-refractivity contribution in [2.75, 3.05) is 0 Å². The minimum absolute atomic E-state index is 0.351. The van der Waals surface area contributed by atoms with Crippen LogP contribution in [0.3, 0.4) is 0 Å². The molecule has 0 aromatic carbocycles. The van der Waals surface area contributed by atoms with Crippen LogP contribution in [-0.4, -0.2) is 10.1 Å². The van der Waals surface area contributed by atoms with E-state index in [0.29, 0.717) is 5.75 Å². The van der Waals surface area contributed by atoms with Gasteiger partial charge in [0, 0.05) is 11.8 Å². The maximum atomic E-state index is 9.66. The van der Waals surface area contributed by atoms with Crippen LogP contribution in [0.2, 0.25) is 0 Å². The van der Waals surface area contributed by atoms with Crippen molar-refractivity contribution in [1.82, 2.24) is 4.98 Å². The Morgan fingerprint density at radius 3 is 2.77 bits per heavy atom. The van der Waals surface area contributed by atoms with Gasteiger partial charge in [-0.1, -0.05) is 6.07 Å². The summed E-state index contributed by atoms with van der Waals surface area (Å²) < 4.78 is 0. The van der Waals surface area contributed by atoms with Crippen LogP contribution in [0, 0.1) is 6.92 Å². The third kappa shape index (κ3) is 1.42. The number of rotatable bonds is 1. The van der Waals surface area contributed by atoms with Gasteiger partial charge in [-0.05, 0) is 24.4 Å². The fourth-order valence-electron chi connectivity index (χ4n) is 1.12. The molecular formula is C10H9NOS. The van der Waals surface area contributed by atoms with Crippen molar-refractivity contribution in [3.63, 3.8) is 0 Å². The monoisotopic (exact) mass is 191 g/mol. The van der Waals surface area contributed by atoms with Crippen molar-refractivity contribution in [1.29, 1.82) is 0 Å². The normalized spacial score (nSPS) is 10.2. The molecule has 0 amide bonds. The molecule has 0 spiro atoms. The number of hydrogen-bond donors (Lipinski definition) is 1. The van der Waals surface area contributed by atoms with Gasteiger partial charge in [-0.3, -0.25) is 4.98 Å². The first-order valence-corrected chi connectivity index (χ1v) is 4.85. The number of thiophene rings is 1. The van der Waals surface area contributed by atoms with E-state index in [1.165, 1.54) is 11.3 Å². The Bertz CT molecular complexity index is 408. The number of aromatic hydroxyl groups is 1. The average molecular weight is 191 g/mol. The first-order chi connectivity index (χ1) is 6.29. The van der Waals surface area contributed by atoms with Crippen LogP contribution >= 0.6 is 11.3 Å². The van der Waals surface area contributed by atoms with Crippen molar-refractivity contribution >= 4 is 11.3 Å². The zero-order valence-corrected chi connectivity index (χ0v) is 8.01. The summed E-state index contributed by atoms with van der Waals surface area (Å²) in [5, 5.41) is 11.6. The molecule has 0 saturated heterocycles. The summed E-state index contributed by atoms with van der Waals surface area (Å²) in [7, 11) is 0. The molecule has 13 heavy (non-hydrogen) atoms. The maximum Gasteiger partial charge on any atom is 0.138 e. The van der Waals surface area contributed by atoms with Gasteiger partial charge in [0.05, 0.1) is 10.6 Å². The third-order valence-corrected chi connectivity index (χ3v) is 2.95. The lowest BCUT2D eigenvalue weighted by atomic mass is 10.2. The second kappa shape index (κ2) is 3.18. The van der Waals surface area contributed by atoms with Crippen LogP contribution in [-0.2, 0) is 0 Å². The zero-order chi connectivity index (χ0) is 9.26. The first kappa shape index (κ1) is 8.26. The Balaban J connectivity index is 2.53. The van der Waals surface area contributed by atoms with Crippen LogP contribution in [0.1, 0.15) is 5.56 Å². The van der Waals surface area contributed by atoms with Crippen molar-refractivity contribution < 1.29 is 5.11 Å². The van der Waals surface area contributed by atoms with E-state index in [-0.39, 0.29) is 0 Å². The van der Waals surface area contributed by atoms with Crippen molar-refractivity contribution in [3.05, 3.63) is 35.3 Å². The van der Waals surface area contributed by atoms with Crippen LogP contribution in [0.15, 0.2) is 29.8 Å². The summed E-state index contributed by atoms with van der Waals surface area (Å²) in [6, 6.07) is 5.67. The van der Waals surface area contributed by atoms with E-state index in [1.807, 2.05) is 30.5 Å². The van der Waals surface area contributed by atoms with Gasteiger partial charge in [0.25, 0.3) is 0 Å². The average Bonchev–Trinajstić information content (AvgIpc) is 2.49. The highest BCUT2D eigenvalue weighted by Crippen LogP contribution is 2.36. The Kier molecular flexibility index (Phi) is 2.02. The fourth-order valence-corrected chi connectivity index (χ4v) is 2.04. The predicted octanol–water partition coefficient (Wildman–Crippen LogP) is 2.82. The molecule has 0 bridgehead atoms. The quantitative estimate of drug-likeness (QED) is 0.751. The molecule has 0 radical (unpaired) electrons. The Labute approximate surface area is 80.5 Å². The summed E-state index contributed by atoms with van der Waals surface area (Å²) >= 11 is 1.52. The lowest BCUT2D eigenvalue weighted by Crippen LogP contribution is -1.77. The molecule has 2 nitrogen and oxygen atoms in total. The molecular weight excluding hydrogens is 182 g/mol. The predicted molar refractivity (Wildman–Crippen MR) is 54.0 cm³/mol. The van der Waals surface area contributed by atoms with Gasteiger partial charge in [0.15, 0.2) is 0 Å². The number of pyridine rings is 1. The van der Waals surface area contributed by atoms with E-state index in [2.05, 4.69) is 4.98 Å². The molecule has 0 unspecified atom stereocenters. The Morgan fingerprint density at radius 2 is 2.23 bits per heavy atom. The summed E-state index contributed by atoms with van der Waals surface area (Å²) in [6.45, 7) is 1.89. The van der Waals surface area contributed by atoms with Crippen LogP contribution in [0.4, 0.5) is 0 Å². The van der Waals surface area contributed by atoms with Crippen LogP contribution < -0.4 is 0 Å². The molecule has 2 aromatic heterocycles. The van der Waals surface area contributed by atoms with E-state index in [1.54, 1.807) is 6.20 Å².